The van der Waals surface area contributed by atoms with Gasteiger partial charge in [0, 0.05) is 18.6 Å². The summed E-state index contributed by atoms with van der Waals surface area (Å²) in [6, 6.07) is 1.07. The summed E-state index contributed by atoms with van der Waals surface area (Å²) < 4.78 is 0. The highest BCUT2D eigenvalue weighted by Gasteiger charge is 2.23. The van der Waals surface area contributed by atoms with E-state index in [2.05, 4.69) is 25.8 Å². The van der Waals surface area contributed by atoms with Crippen LogP contribution in [0.15, 0.2) is 0 Å². The lowest BCUT2D eigenvalue weighted by Crippen LogP contribution is -2.43. The first kappa shape index (κ1) is 12.0. The van der Waals surface area contributed by atoms with Crippen LogP contribution in [0.4, 0.5) is 0 Å². The quantitative estimate of drug-likeness (QED) is 0.734. The highest BCUT2D eigenvalue weighted by Crippen LogP contribution is 2.27. The first-order valence-corrected chi connectivity index (χ1v) is 6.11. The Bertz CT molecular complexity index is 152. The minimum Gasteiger partial charge on any atom is -0.326 e. The Kier molecular flexibility index (Phi) is 4.90. The molecule has 0 aromatic heterocycles. The summed E-state index contributed by atoms with van der Waals surface area (Å²) in [5, 5.41) is 0. The molecule has 1 fully saturated rings. The molecule has 0 spiro atoms. The van der Waals surface area contributed by atoms with E-state index in [9.17, 15) is 0 Å². The maximum atomic E-state index is 6.23. The zero-order chi connectivity index (χ0) is 10.6. The van der Waals surface area contributed by atoms with Crippen molar-refractivity contribution < 1.29 is 0 Å². The summed E-state index contributed by atoms with van der Waals surface area (Å²) in [5.41, 5.74) is 6.23. The summed E-state index contributed by atoms with van der Waals surface area (Å²) in [7, 11) is 2.20. The van der Waals surface area contributed by atoms with E-state index in [0.29, 0.717) is 12.1 Å². The second-order valence-corrected chi connectivity index (χ2v) is 4.91. The lowest BCUT2D eigenvalue weighted by molar-refractivity contribution is 0.214. The Hall–Kier alpha value is -0.0800. The first-order valence-electron chi connectivity index (χ1n) is 6.11. The monoisotopic (exact) mass is 198 g/mol. The second-order valence-electron chi connectivity index (χ2n) is 4.91. The molecule has 0 aliphatic heterocycles. The summed E-state index contributed by atoms with van der Waals surface area (Å²) in [6.07, 6.45) is 6.72. The van der Waals surface area contributed by atoms with Gasteiger partial charge in [0.05, 0.1) is 0 Å². The average Bonchev–Trinajstić information content (AvgIpc) is 2.69. The van der Waals surface area contributed by atoms with Crippen molar-refractivity contribution in [2.24, 2.45) is 11.7 Å². The molecule has 1 aliphatic carbocycles. The van der Waals surface area contributed by atoms with Crippen LogP contribution in [-0.4, -0.2) is 30.6 Å². The third-order valence-electron chi connectivity index (χ3n) is 3.85. The molecule has 2 atom stereocenters. The minimum atomic E-state index is 0.400. The Balaban J connectivity index is 2.27. The summed E-state index contributed by atoms with van der Waals surface area (Å²) >= 11 is 0. The maximum absolute atomic E-state index is 6.23. The molecular weight excluding hydrogens is 172 g/mol. The summed E-state index contributed by atoms with van der Waals surface area (Å²) in [4.78, 5) is 2.41. The van der Waals surface area contributed by atoms with E-state index in [-0.39, 0.29) is 0 Å². The molecule has 1 rings (SSSR count). The van der Waals surface area contributed by atoms with Crippen LogP contribution in [-0.2, 0) is 0 Å². The fourth-order valence-electron chi connectivity index (χ4n) is 2.36. The Labute approximate surface area is 88.8 Å². The van der Waals surface area contributed by atoms with Crippen molar-refractivity contribution in [1.29, 1.82) is 0 Å². The zero-order valence-corrected chi connectivity index (χ0v) is 10.00. The van der Waals surface area contributed by atoms with Gasteiger partial charge in [-0.25, -0.2) is 0 Å². The third kappa shape index (κ3) is 3.25. The van der Waals surface area contributed by atoms with Crippen LogP contribution < -0.4 is 5.73 Å². The molecule has 0 amide bonds. The van der Waals surface area contributed by atoms with Gasteiger partial charge in [0.25, 0.3) is 0 Å². The van der Waals surface area contributed by atoms with Gasteiger partial charge in [0.1, 0.15) is 0 Å². The fourth-order valence-corrected chi connectivity index (χ4v) is 2.36. The highest BCUT2D eigenvalue weighted by molar-refractivity contribution is 4.80. The number of hydrogen-bond donors (Lipinski definition) is 1. The van der Waals surface area contributed by atoms with Crippen molar-refractivity contribution in [2.75, 3.05) is 13.6 Å². The molecule has 1 aliphatic rings. The van der Waals surface area contributed by atoms with Crippen LogP contribution in [0.2, 0.25) is 0 Å². The van der Waals surface area contributed by atoms with Gasteiger partial charge in [-0.1, -0.05) is 19.8 Å². The molecule has 2 unspecified atom stereocenters. The minimum absolute atomic E-state index is 0.400. The fraction of sp³-hybridized carbons (Fsp3) is 1.00. The standard InChI is InChI=1S/C12H26N2/c1-4-10(2)14(3)9-12(13)11-7-5-6-8-11/h10-12H,4-9,13H2,1-3H3. The lowest BCUT2D eigenvalue weighted by atomic mass is 9.98. The zero-order valence-electron chi connectivity index (χ0n) is 10.00. The van der Waals surface area contributed by atoms with Crippen LogP contribution in [0.5, 0.6) is 0 Å². The average molecular weight is 198 g/mol. The number of likely N-dealkylation sites (N-methyl/N-ethyl adjacent to an activating group) is 1. The Morgan fingerprint density at radius 1 is 1.36 bits per heavy atom. The first-order chi connectivity index (χ1) is 6.65. The molecular formula is C12H26N2. The van der Waals surface area contributed by atoms with Crippen molar-refractivity contribution in [3.05, 3.63) is 0 Å². The number of hydrogen-bond acceptors (Lipinski definition) is 2. The highest BCUT2D eigenvalue weighted by atomic mass is 15.1. The topological polar surface area (TPSA) is 29.3 Å². The van der Waals surface area contributed by atoms with Gasteiger partial charge in [-0.3, -0.25) is 0 Å². The molecule has 2 nitrogen and oxygen atoms in total. The van der Waals surface area contributed by atoms with Crippen LogP contribution in [0, 0.1) is 5.92 Å². The predicted octanol–water partition coefficient (Wildman–Crippen LogP) is 2.23. The van der Waals surface area contributed by atoms with E-state index < -0.39 is 0 Å². The molecule has 84 valence electrons. The molecule has 2 N–H and O–H groups in total. The van der Waals surface area contributed by atoms with E-state index >= 15 is 0 Å². The van der Waals surface area contributed by atoms with Crippen LogP contribution in [0.3, 0.4) is 0 Å². The van der Waals surface area contributed by atoms with Gasteiger partial charge in [-0.15, -0.1) is 0 Å². The second kappa shape index (κ2) is 5.72. The molecule has 0 radical (unpaired) electrons. The van der Waals surface area contributed by atoms with Crippen LogP contribution >= 0.6 is 0 Å². The van der Waals surface area contributed by atoms with E-state index in [1.54, 1.807) is 0 Å². The van der Waals surface area contributed by atoms with Crippen molar-refractivity contribution in [3.63, 3.8) is 0 Å². The lowest BCUT2D eigenvalue weighted by Gasteiger charge is -2.29. The number of nitrogens with zero attached hydrogens (tertiary/aromatic N) is 1. The molecule has 1 saturated carbocycles. The van der Waals surface area contributed by atoms with E-state index in [1.165, 1.54) is 32.1 Å². The van der Waals surface area contributed by atoms with Gasteiger partial charge >= 0.3 is 0 Å². The summed E-state index contributed by atoms with van der Waals surface area (Å²) in [5.74, 6) is 0.793. The number of nitrogens with two attached hydrogens (primary N) is 1. The van der Waals surface area contributed by atoms with Crippen molar-refractivity contribution in [1.82, 2.24) is 4.90 Å². The molecule has 0 aromatic rings. The van der Waals surface area contributed by atoms with Gasteiger partial charge in [0.2, 0.25) is 0 Å². The van der Waals surface area contributed by atoms with Crippen molar-refractivity contribution in [3.8, 4) is 0 Å². The largest absolute Gasteiger partial charge is 0.326 e. The molecule has 0 aromatic carbocycles. The van der Waals surface area contributed by atoms with Crippen LogP contribution in [0.1, 0.15) is 46.0 Å². The van der Waals surface area contributed by atoms with Crippen LogP contribution in [0.25, 0.3) is 0 Å². The molecule has 14 heavy (non-hydrogen) atoms. The molecule has 0 saturated heterocycles. The SMILES string of the molecule is CCC(C)N(C)CC(N)C1CCCC1. The normalized spacial score (nSPS) is 22.9. The molecule has 2 heteroatoms. The molecule has 0 heterocycles. The summed E-state index contributed by atoms with van der Waals surface area (Å²) in [6.45, 7) is 5.59. The Morgan fingerprint density at radius 3 is 2.43 bits per heavy atom. The van der Waals surface area contributed by atoms with E-state index in [4.69, 9.17) is 5.73 Å². The predicted molar refractivity (Wildman–Crippen MR) is 62.3 cm³/mol. The van der Waals surface area contributed by atoms with Gasteiger partial charge in [0.15, 0.2) is 0 Å². The van der Waals surface area contributed by atoms with Gasteiger partial charge < -0.3 is 10.6 Å². The van der Waals surface area contributed by atoms with Gasteiger partial charge in [-0.2, -0.15) is 0 Å². The smallest absolute Gasteiger partial charge is 0.0196 e. The van der Waals surface area contributed by atoms with E-state index in [1.807, 2.05) is 0 Å². The third-order valence-corrected chi connectivity index (χ3v) is 3.85. The van der Waals surface area contributed by atoms with E-state index in [0.717, 1.165) is 12.5 Å². The number of rotatable bonds is 5. The molecule has 0 bridgehead atoms. The van der Waals surface area contributed by atoms with Crippen molar-refractivity contribution >= 4 is 0 Å². The van der Waals surface area contributed by atoms with Gasteiger partial charge in [-0.05, 0) is 39.2 Å². The Morgan fingerprint density at radius 2 is 1.93 bits per heavy atom. The van der Waals surface area contributed by atoms with Crippen molar-refractivity contribution in [2.45, 2.75) is 58.0 Å². The maximum Gasteiger partial charge on any atom is 0.0196 e.